The molecule has 7 nitrogen and oxygen atoms in total. The molecule has 20 heavy (non-hydrogen) atoms. The van der Waals surface area contributed by atoms with Gasteiger partial charge in [0.15, 0.2) is 5.82 Å². The zero-order chi connectivity index (χ0) is 13.8. The second-order valence-corrected chi connectivity index (χ2v) is 4.54. The van der Waals surface area contributed by atoms with Crippen molar-refractivity contribution >= 4 is 5.91 Å². The van der Waals surface area contributed by atoms with Gasteiger partial charge in [0.05, 0.1) is 24.1 Å². The van der Waals surface area contributed by atoms with E-state index in [0.29, 0.717) is 17.9 Å². The number of pyridine rings is 1. The average Bonchev–Trinajstić information content (AvgIpc) is 3.18. The second kappa shape index (κ2) is 5.79. The summed E-state index contributed by atoms with van der Waals surface area (Å²) >= 11 is 0. The van der Waals surface area contributed by atoms with Crippen LogP contribution >= 0.6 is 0 Å². The van der Waals surface area contributed by atoms with Gasteiger partial charge in [-0.25, -0.2) is 4.98 Å². The van der Waals surface area contributed by atoms with Gasteiger partial charge < -0.3 is 10.1 Å². The van der Waals surface area contributed by atoms with E-state index in [2.05, 4.69) is 20.5 Å². The van der Waals surface area contributed by atoms with Crippen LogP contribution in [0.1, 0.15) is 23.2 Å². The summed E-state index contributed by atoms with van der Waals surface area (Å²) in [5.74, 6) is 0.225. The van der Waals surface area contributed by atoms with E-state index in [1.807, 2.05) is 0 Å². The highest BCUT2D eigenvalue weighted by molar-refractivity contribution is 5.96. The maximum absolute atomic E-state index is 12.2. The van der Waals surface area contributed by atoms with Crippen LogP contribution in [0.5, 0.6) is 0 Å². The maximum atomic E-state index is 12.2. The van der Waals surface area contributed by atoms with Gasteiger partial charge in [-0.3, -0.25) is 4.79 Å². The van der Waals surface area contributed by atoms with Crippen molar-refractivity contribution < 1.29 is 9.53 Å². The smallest absolute Gasteiger partial charge is 0.255 e. The number of nitrogens with one attached hydrogen (secondary N) is 1. The number of ether oxygens (including phenoxy) is 1. The summed E-state index contributed by atoms with van der Waals surface area (Å²) in [6.07, 6.45) is 6.85. The molecule has 1 aliphatic rings. The standard InChI is InChI=1S/C13H15N5O2/c19-13(15-9-10-3-2-8-20-10)11-4-1-5-14-12(11)18-16-6-7-17-18/h1,4-7,10H,2-3,8-9H2,(H,15,19). The van der Waals surface area contributed by atoms with Crippen LogP contribution < -0.4 is 5.32 Å². The first-order chi connectivity index (χ1) is 9.84. The van der Waals surface area contributed by atoms with Gasteiger partial charge in [0.1, 0.15) is 0 Å². The summed E-state index contributed by atoms with van der Waals surface area (Å²) in [5, 5.41) is 10.9. The SMILES string of the molecule is O=C(NCC1CCCO1)c1cccnc1-n1nccn1. The van der Waals surface area contributed by atoms with E-state index in [1.165, 1.54) is 4.80 Å². The van der Waals surface area contributed by atoms with E-state index in [1.54, 1.807) is 30.7 Å². The highest BCUT2D eigenvalue weighted by Gasteiger charge is 2.19. The lowest BCUT2D eigenvalue weighted by molar-refractivity contribution is 0.0857. The van der Waals surface area contributed by atoms with Crippen LogP contribution in [0.4, 0.5) is 0 Å². The van der Waals surface area contributed by atoms with E-state index in [9.17, 15) is 4.79 Å². The van der Waals surface area contributed by atoms with Crippen LogP contribution in [0.2, 0.25) is 0 Å². The van der Waals surface area contributed by atoms with Crippen molar-refractivity contribution in [1.29, 1.82) is 0 Å². The molecule has 2 aromatic rings. The summed E-state index contributed by atoms with van der Waals surface area (Å²) in [4.78, 5) is 17.7. The molecule has 0 bridgehead atoms. The van der Waals surface area contributed by atoms with E-state index >= 15 is 0 Å². The fourth-order valence-electron chi connectivity index (χ4n) is 2.17. The fourth-order valence-corrected chi connectivity index (χ4v) is 2.17. The summed E-state index contributed by atoms with van der Waals surface area (Å²) in [5.41, 5.74) is 0.446. The van der Waals surface area contributed by atoms with Gasteiger partial charge >= 0.3 is 0 Å². The molecular formula is C13H15N5O2. The molecule has 0 radical (unpaired) electrons. The van der Waals surface area contributed by atoms with Gasteiger partial charge in [0.2, 0.25) is 0 Å². The minimum Gasteiger partial charge on any atom is -0.376 e. The third-order valence-corrected chi connectivity index (χ3v) is 3.15. The van der Waals surface area contributed by atoms with Gasteiger partial charge in [-0.2, -0.15) is 10.2 Å². The Morgan fingerprint density at radius 2 is 2.25 bits per heavy atom. The Morgan fingerprint density at radius 3 is 3.00 bits per heavy atom. The molecular weight excluding hydrogens is 258 g/mol. The number of carbonyl (C=O) groups excluding carboxylic acids is 1. The third kappa shape index (κ3) is 2.67. The number of aromatic nitrogens is 4. The fraction of sp³-hybridized carbons (Fsp3) is 0.385. The normalized spacial score (nSPS) is 18.1. The number of rotatable bonds is 4. The highest BCUT2D eigenvalue weighted by atomic mass is 16.5. The molecule has 1 atom stereocenters. The zero-order valence-electron chi connectivity index (χ0n) is 10.9. The average molecular weight is 273 g/mol. The van der Waals surface area contributed by atoms with Crippen LogP contribution in [0.15, 0.2) is 30.7 Å². The first-order valence-corrected chi connectivity index (χ1v) is 6.56. The first kappa shape index (κ1) is 12.7. The Hall–Kier alpha value is -2.28. The van der Waals surface area contributed by atoms with Crippen LogP contribution in [-0.4, -0.2) is 45.1 Å². The molecule has 0 saturated carbocycles. The van der Waals surface area contributed by atoms with Gasteiger partial charge in [-0.1, -0.05) is 0 Å². The number of carbonyl (C=O) groups is 1. The Kier molecular flexibility index (Phi) is 3.69. The molecule has 3 heterocycles. The highest BCUT2D eigenvalue weighted by Crippen LogP contribution is 2.12. The molecule has 104 valence electrons. The van der Waals surface area contributed by atoms with Crippen molar-refractivity contribution in [3.63, 3.8) is 0 Å². The van der Waals surface area contributed by atoms with Gasteiger partial charge in [-0.15, -0.1) is 4.80 Å². The predicted octanol–water partition coefficient (Wildman–Crippen LogP) is 0.571. The molecule has 0 aromatic carbocycles. The van der Waals surface area contributed by atoms with E-state index in [0.717, 1.165) is 19.4 Å². The molecule has 1 amide bonds. The van der Waals surface area contributed by atoms with Crippen LogP contribution in [-0.2, 0) is 4.74 Å². The number of hydrogen-bond donors (Lipinski definition) is 1. The van der Waals surface area contributed by atoms with Crippen molar-refractivity contribution in [3.05, 3.63) is 36.3 Å². The Labute approximate surface area is 116 Å². The molecule has 0 aliphatic carbocycles. The summed E-state index contributed by atoms with van der Waals surface area (Å²) in [6, 6.07) is 3.42. The minimum absolute atomic E-state index is 0.113. The predicted molar refractivity (Wildman–Crippen MR) is 70.5 cm³/mol. The molecule has 1 saturated heterocycles. The van der Waals surface area contributed by atoms with E-state index < -0.39 is 0 Å². The largest absolute Gasteiger partial charge is 0.376 e. The summed E-state index contributed by atoms with van der Waals surface area (Å²) in [7, 11) is 0. The molecule has 1 N–H and O–H groups in total. The Morgan fingerprint density at radius 1 is 1.40 bits per heavy atom. The number of hydrogen-bond acceptors (Lipinski definition) is 5. The quantitative estimate of drug-likeness (QED) is 0.880. The monoisotopic (exact) mass is 273 g/mol. The third-order valence-electron chi connectivity index (χ3n) is 3.15. The van der Waals surface area contributed by atoms with Crippen molar-refractivity contribution in [3.8, 4) is 5.82 Å². The van der Waals surface area contributed by atoms with Gasteiger partial charge in [0.25, 0.3) is 5.91 Å². The van der Waals surface area contributed by atoms with Crippen LogP contribution in [0, 0.1) is 0 Å². The number of nitrogens with zero attached hydrogens (tertiary/aromatic N) is 4. The maximum Gasteiger partial charge on any atom is 0.255 e. The lowest BCUT2D eigenvalue weighted by atomic mass is 10.2. The van der Waals surface area contributed by atoms with Gasteiger partial charge in [-0.05, 0) is 25.0 Å². The lowest BCUT2D eigenvalue weighted by Crippen LogP contribution is -2.32. The second-order valence-electron chi connectivity index (χ2n) is 4.54. The zero-order valence-corrected chi connectivity index (χ0v) is 10.9. The van der Waals surface area contributed by atoms with Crippen LogP contribution in [0.25, 0.3) is 5.82 Å². The minimum atomic E-state index is -0.194. The topological polar surface area (TPSA) is 81.9 Å². The molecule has 7 heteroatoms. The first-order valence-electron chi connectivity index (χ1n) is 6.56. The Balaban J connectivity index is 1.74. The lowest BCUT2D eigenvalue weighted by Gasteiger charge is -2.12. The molecule has 2 aromatic heterocycles. The summed E-state index contributed by atoms with van der Waals surface area (Å²) in [6.45, 7) is 1.29. The van der Waals surface area contributed by atoms with Crippen molar-refractivity contribution in [2.45, 2.75) is 18.9 Å². The van der Waals surface area contributed by atoms with Crippen molar-refractivity contribution in [2.75, 3.05) is 13.2 Å². The van der Waals surface area contributed by atoms with Gasteiger partial charge in [0, 0.05) is 19.3 Å². The molecule has 1 unspecified atom stereocenters. The van der Waals surface area contributed by atoms with Crippen LogP contribution in [0.3, 0.4) is 0 Å². The van der Waals surface area contributed by atoms with E-state index in [4.69, 9.17) is 4.74 Å². The molecule has 3 rings (SSSR count). The number of amides is 1. The molecule has 1 fully saturated rings. The van der Waals surface area contributed by atoms with Crippen molar-refractivity contribution in [1.82, 2.24) is 25.3 Å². The molecule has 0 spiro atoms. The summed E-state index contributed by atoms with van der Waals surface area (Å²) < 4.78 is 5.48. The van der Waals surface area contributed by atoms with Crippen molar-refractivity contribution in [2.24, 2.45) is 0 Å². The Bertz CT molecular complexity index is 578. The van der Waals surface area contributed by atoms with E-state index in [-0.39, 0.29) is 12.0 Å². The molecule has 1 aliphatic heterocycles.